The van der Waals surface area contributed by atoms with Crippen molar-refractivity contribution in [2.24, 2.45) is 5.92 Å². The lowest BCUT2D eigenvalue weighted by molar-refractivity contribution is -0.147. The molecule has 3 nitrogen and oxygen atoms in total. The molecule has 1 fully saturated rings. The summed E-state index contributed by atoms with van der Waals surface area (Å²) in [7, 11) is 0. The maximum absolute atomic E-state index is 10.0. The second-order valence-electron chi connectivity index (χ2n) is 2.90. The number of rotatable bonds is 3. The topological polar surface area (TPSA) is 46.5 Å². The van der Waals surface area contributed by atoms with Gasteiger partial charge in [0.1, 0.15) is 6.61 Å². The van der Waals surface area contributed by atoms with Crippen molar-refractivity contribution < 1.29 is 14.6 Å². The van der Waals surface area contributed by atoms with Crippen molar-refractivity contribution in [2.45, 2.75) is 25.9 Å². The van der Waals surface area contributed by atoms with Gasteiger partial charge >= 0.3 is 5.97 Å². The lowest BCUT2D eigenvalue weighted by atomic mass is 9.84. The fraction of sp³-hybridized carbons (Fsp3) is 0.857. The van der Waals surface area contributed by atoms with Crippen molar-refractivity contribution in [1.82, 2.24) is 0 Å². The monoisotopic (exact) mass is 144 g/mol. The second-order valence-corrected chi connectivity index (χ2v) is 2.90. The van der Waals surface area contributed by atoms with Crippen molar-refractivity contribution >= 4 is 5.97 Å². The average Bonchev–Trinajstić information content (AvgIpc) is 1.77. The summed E-state index contributed by atoms with van der Waals surface area (Å²) in [4.78, 5) is 10.0. The molecule has 1 rings (SSSR count). The van der Waals surface area contributed by atoms with Crippen LogP contribution in [-0.2, 0) is 9.53 Å². The van der Waals surface area contributed by atoms with Gasteiger partial charge in [0.05, 0.1) is 6.10 Å². The van der Waals surface area contributed by atoms with Gasteiger partial charge in [-0.3, -0.25) is 0 Å². The number of carbonyl (C=O) groups is 1. The number of hydrogen-bond donors (Lipinski definition) is 1. The van der Waals surface area contributed by atoms with Crippen LogP contribution in [-0.4, -0.2) is 23.8 Å². The Hall–Kier alpha value is -0.570. The van der Waals surface area contributed by atoms with E-state index in [-0.39, 0.29) is 12.7 Å². The highest BCUT2D eigenvalue weighted by Gasteiger charge is 2.26. The first kappa shape index (κ1) is 7.54. The van der Waals surface area contributed by atoms with Crippen LogP contribution in [0.1, 0.15) is 19.8 Å². The summed E-state index contributed by atoms with van der Waals surface area (Å²) in [6, 6.07) is 0. The Balaban J connectivity index is 2.00. The van der Waals surface area contributed by atoms with E-state index in [1.165, 1.54) is 0 Å². The Morgan fingerprint density at radius 1 is 1.70 bits per heavy atom. The molecule has 0 aromatic carbocycles. The molecule has 0 bridgehead atoms. The van der Waals surface area contributed by atoms with Crippen LogP contribution in [0.4, 0.5) is 0 Å². The summed E-state index contributed by atoms with van der Waals surface area (Å²) in [5.74, 6) is -0.154. The quantitative estimate of drug-likeness (QED) is 0.639. The molecule has 0 aromatic rings. The molecule has 0 spiro atoms. The highest BCUT2D eigenvalue weighted by molar-refractivity contribution is 5.68. The number of ether oxygens (including phenoxy) is 1. The van der Waals surface area contributed by atoms with E-state index in [0.29, 0.717) is 0 Å². The Kier molecular flexibility index (Phi) is 2.27. The number of carboxylic acid groups (broad SMARTS) is 1. The highest BCUT2D eigenvalue weighted by atomic mass is 16.5. The Labute approximate surface area is 60.0 Å². The minimum Gasteiger partial charge on any atom is -0.480 e. The number of hydrogen-bond acceptors (Lipinski definition) is 2. The minimum atomic E-state index is -0.875. The molecule has 0 amide bonds. The zero-order valence-corrected chi connectivity index (χ0v) is 6.04. The van der Waals surface area contributed by atoms with Gasteiger partial charge in [-0.25, -0.2) is 4.79 Å². The van der Waals surface area contributed by atoms with Gasteiger partial charge < -0.3 is 9.84 Å². The van der Waals surface area contributed by atoms with Crippen molar-refractivity contribution in [1.29, 1.82) is 0 Å². The molecule has 0 aromatic heterocycles. The summed E-state index contributed by atoms with van der Waals surface area (Å²) in [5, 5.41) is 8.22. The largest absolute Gasteiger partial charge is 0.480 e. The molecule has 1 aliphatic carbocycles. The predicted molar refractivity (Wildman–Crippen MR) is 35.8 cm³/mol. The molecule has 0 aliphatic heterocycles. The summed E-state index contributed by atoms with van der Waals surface area (Å²) < 4.78 is 5.01. The van der Waals surface area contributed by atoms with Crippen LogP contribution in [0.25, 0.3) is 0 Å². The van der Waals surface area contributed by atoms with Crippen molar-refractivity contribution in [2.75, 3.05) is 6.61 Å². The van der Waals surface area contributed by atoms with Gasteiger partial charge in [0, 0.05) is 0 Å². The molecule has 0 saturated heterocycles. The molecule has 0 unspecified atom stereocenters. The molecular formula is C7H12O3. The first-order valence-corrected chi connectivity index (χ1v) is 3.52. The van der Waals surface area contributed by atoms with Gasteiger partial charge in [0.2, 0.25) is 0 Å². The summed E-state index contributed by atoms with van der Waals surface area (Å²) >= 11 is 0. The van der Waals surface area contributed by atoms with E-state index in [4.69, 9.17) is 9.84 Å². The third kappa shape index (κ3) is 1.99. The Bertz CT molecular complexity index is 127. The van der Waals surface area contributed by atoms with Crippen molar-refractivity contribution in [3.63, 3.8) is 0 Å². The molecular weight excluding hydrogens is 132 g/mol. The van der Waals surface area contributed by atoms with Crippen LogP contribution in [0.15, 0.2) is 0 Å². The molecule has 1 aliphatic rings. The van der Waals surface area contributed by atoms with Crippen molar-refractivity contribution in [3.05, 3.63) is 0 Å². The first-order valence-electron chi connectivity index (χ1n) is 3.52. The predicted octanol–water partition coefficient (Wildman–Crippen LogP) is 0.886. The maximum atomic E-state index is 10.0. The van der Waals surface area contributed by atoms with Gasteiger partial charge in [0.15, 0.2) is 0 Å². The van der Waals surface area contributed by atoms with Crippen LogP contribution in [0.3, 0.4) is 0 Å². The average molecular weight is 144 g/mol. The fourth-order valence-corrected chi connectivity index (χ4v) is 1.15. The van der Waals surface area contributed by atoms with Crippen LogP contribution >= 0.6 is 0 Å². The summed E-state index contributed by atoms with van der Waals surface area (Å²) in [6.07, 6.45) is 2.26. The van der Waals surface area contributed by atoms with Crippen molar-refractivity contribution in [3.8, 4) is 0 Å². The normalized spacial score (nSPS) is 31.3. The molecule has 3 heteroatoms. The van der Waals surface area contributed by atoms with E-state index in [2.05, 4.69) is 6.92 Å². The minimum absolute atomic E-state index is 0.141. The molecule has 1 N–H and O–H groups in total. The molecule has 10 heavy (non-hydrogen) atoms. The molecule has 1 saturated carbocycles. The fourth-order valence-electron chi connectivity index (χ4n) is 1.15. The van der Waals surface area contributed by atoms with E-state index in [1.807, 2.05) is 0 Å². The first-order chi connectivity index (χ1) is 4.68. The van der Waals surface area contributed by atoms with Crippen LogP contribution in [0.2, 0.25) is 0 Å². The van der Waals surface area contributed by atoms with Gasteiger partial charge in [-0.15, -0.1) is 0 Å². The van der Waals surface area contributed by atoms with Crippen LogP contribution < -0.4 is 0 Å². The molecule has 0 atom stereocenters. The smallest absolute Gasteiger partial charge is 0.329 e. The van der Waals surface area contributed by atoms with Gasteiger partial charge in [-0.2, -0.15) is 0 Å². The summed E-state index contributed by atoms with van der Waals surface area (Å²) in [5.41, 5.74) is 0. The van der Waals surface area contributed by atoms with E-state index < -0.39 is 5.97 Å². The van der Waals surface area contributed by atoms with E-state index >= 15 is 0 Å². The molecule has 0 radical (unpaired) electrons. The van der Waals surface area contributed by atoms with Gasteiger partial charge in [-0.05, 0) is 18.8 Å². The zero-order chi connectivity index (χ0) is 7.56. The third-order valence-corrected chi connectivity index (χ3v) is 1.77. The van der Waals surface area contributed by atoms with E-state index in [9.17, 15) is 4.79 Å². The summed E-state index contributed by atoms with van der Waals surface area (Å²) in [6.45, 7) is 2.00. The highest BCUT2D eigenvalue weighted by Crippen LogP contribution is 2.28. The Morgan fingerprint density at radius 2 is 2.30 bits per heavy atom. The SMILES string of the molecule is C[C@H]1C[C@@H](OCC(=O)O)C1. The number of carboxylic acids is 1. The zero-order valence-electron chi connectivity index (χ0n) is 6.04. The van der Waals surface area contributed by atoms with E-state index in [0.717, 1.165) is 18.8 Å². The third-order valence-electron chi connectivity index (χ3n) is 1.77. The molecule has 58 valence electrons. The second kappa shape index (κ2) is 3.01. The van der Waals surface area contributed by atoms with Crippen LogP contribution in [0.5, 0.6) is 0 Å². The standard InChI is InChI=1S/C7H12O3/c1-5-2-6(3-5)10-4-7(8)9/h5-6H,2-4H2,1H3,(H,8,9)/t5-,6+. The van der Waals surface area contributed by atoms with Gasteiger partial charge in [-0.1, -0.05) is 6.92 Å². The maximum Gasteiger partial charge on any atom is 0.329 e. The number of aliphatic carboxylic acids is 1. The van der Waals surface area contributed by atoms with Gasteiger partial charge in [0.25, 0.3) is 0 Å². The lowest BCUT2D eigenvalue weighted by Gasteiger charge is -2.31. The lowest BCUT2D eigenvalue weighted by Crippen LogP contribution is -2.31. The molecule has 0 heterocycles. The van der Waals surface area contributed by atoms with E-state index in [1.54, 1.807) is 0 Å². The Morgan fingerprint density at radius 3 is 2.70 bits per heavy atom. The van der Waals surface area contributed by atoms with Crippen LogP contribution in [0, 0.1) is 5.92 Å².